The molecule has 8 nitrogen and oxygen atoms in total. The molecule has 3 N–H and O–H groups in total. The third-order valence-electron chi connectivity index (χ3n) is 3.89. The van der Waals surface area contributed by atoms with E-state index in [0.717, 1.165) is 12.8 Å². The van der Waals surface area contributed by atoms with Gasteiger partial charge >= 0.3 is 0 Å². The molecular weight excluding hydrogens is 348 g/mol. The molecule has 0 radical (unpaired) electrons. The number of hydrogen-bond donors (Lipinski definition) is 2. The molecule has 2 aromatic rings. The minimum Gasteiger partial charge on any atom is -0.493 e. The Bertz CT molecular complexity index is 773. The highest BCUT2D eigenvalue weighted by Crippen LogP contribution is 2.28. The Morgan fingerprint density at radius 3 is 2.74 bits per heavy atom. The fourth-order valence-electron chi connectivity index (χ4n) is 2.52. The number of carbonyl (C=O) groups is 2. The lowest BCUT2D eigenvalue weighted by atomic mass is 10.2. The molecule has 0 saturated heterocycles. The summed E-state index contributed by atoms with van der Waals surface area (Å²) < 4.78 is 12.4. The van der Waals surface area contributed by atoms with Gasteiger partial charge in [0.15, 0.2) is 11.5 Å². The van der Waals surface area contributed by atoms with Crippen LogP contribution in [0.1, 0.15) is 43.0 Å². The van der Waals surface area contributed by atoms with Gasteiger partial charge in [-0.05, 0) is 24.6 Å². The summed E-state index contributed by atoms with van der Waals surface area (Å²) in [5.74, 6) is 0.287. The zero-order valence-corrected chi connectivity index (χ0v) is 15.7. The number of carbonyl (C=O) groups excluding carboxylic acids is 2. The van der Waals surface area contributed by atoms with Crippen molar-refractivity contribution in [2.45, 2.75) is 39.2 Å². The summed E-state index contributed by atoms with van der Waals surface area (Å²) >= 11 is 0. The van der Waals surface area contributed by atoms with Crippen molar-refractivity contribution in [3.05, 3.63) is 36.2 Å². The van der Waals surface area contributed by atoms with Gasteiger partial charge in [-0.3, -0.25) is 14.3 Å². The molecule has 0 atom stereocenters. The zero-order chi connectivity index (χ0) is 19.6. The van der Waals surface area contributed by atoms with Crippen LogP contribution in [0, 0.1) is 0 Å². The second-order valence-corrected chi connectivity index (χ2v) is 6.12. The van der Waals surface area contributed by atoms with Crippen molar-refractivity contribution >= 4 is 17.5 Å². The van der Waals surface area contributed by atoms with Crippen LogP contribution in [0.3, 0.4) is 0 Å². The third kappa shape index (κ3) is 6.32. The lowest BCUT2D eigenvalue weighted by Gasteiger charge is -2.12. The van der Waals surface area contributed by atoms with Gasteiger partial charge in [-0.2, -0.15) is 5.10 Å². The number of nitrogens with two attached hydrogens (primary N) is 1. The number of anilines is 1. The fraction of sp³-hybridized carbons (Fsp3) is 0.421. The van der Waals surface area contributed by atoms with Crippen molar-refractivity contribution in [1.82, 2.24) is 9.78 Å². The molecule has 0 saturated carbocycles. The molecule has 146 valence electrons. The first kappa shape index (κ1) is 20.3. The molecule has 2 rings (SSSR count). The summed E-state index contributed by atoms with van der Waals surface area (Å²) in [5, 5.41) is 6.68. The maximum absolute atomic E-state index is 12.4. The van der Waals surface area contributed by atoms with Crippen LogP contribution in [0.15, 0.2) is 30.6 Å². The Hall–Kier alpha value is -3.03. The zero-order valence-electron chi connectivity index (χ0n) is 15.7. The molecule has 0 aliphatic heterocycles. The molecule has 0 bridgehead atoms. The van der Waals surface area contributed by atoms with Crippen LogP contribution in [0.25, 0.3) is 0 Å². The maximum atomic E-state index is 12.4. The Morgan fingerprint density at radius 2 is 2.04 bits per heavy atom. The molecule has 0 spiro atoms. The van der Waals surface area contributed by atoms with Crippen LogP contribution >= 0.6 is 0 Å². The first-order chi connectivity index (χ1) is 13.0. The van der Waals surface area contributed by atoms with Crippen molar-refractivity contribution in [3.8, 4) is 11.5 Å². The summed E-state index contributed by atoms with van der Waals surface area (Å²) in [6.45, 7) is 2.73. The second-order valence-electron chi connectivity index (χ2n) is 6.12. The highest BCUT2D eigenvalue weighted by molar-refractivity contribution is 6.04. The van der Waals surface area contributed by atoms with Gasteiger partial charge in [0.25, 0.3) is 5.91 Å². The topological polar surface area (TPSA) is 108 Å². The molecule has 0 aliphatic carbocycles. The van der Waals surface area contributed by atoms with Gasteiger partial charge in [-0.15, -0.1) is 0 Å². The quantitative estimate of drug-likeness (QED) is 0.588. The highest BCUT2D eigenvalue weighted by Gasteiger charge is 2.12. The Labute approximate surface area is 158 Å². The monoisotopic (exact) mass is 374 g/mol. The molecule has 0 aliphatic rings. The van der Waals surface area contributed by atoms with Gasteiger partial charge in [0.1, 0.15) is 6.54 Å². The Morgan fingerprint density at radius 1 is 1.22 bits per heavy atom. The largest absolute Gasteiger partial charge is 0.493 e. The molecule has 0 unspecified atom stereocenters. The minimum atomic E-state index is -0.508. The third-order valence-corrected chi connectivity index (χ3v) is 3.89. The summed E-state index contributed by atoms with van der Waals surface area (Å²) in [6.07, 6.45) is 7.46. The summed E-state index contributed by atoms with van der Waals surface area (Å²) in [4.78, 5) is 23.3. The molecule has 1 heterocycles. The van der Waals surface area contributed by atoms with Gasteiger partial charge in [0.05, 0.1) is 25.6 Å². The van der Waals surface area contributed by atoms with Crippen molar-refractivity contribution in [2.75, 3.05) is 19.0 Å². The van der Waals surface area contributed by atoms with Crippen LogP contribution in [0.4, 0.5) is 5.69 Å². The van der Waals surface area contributed by atoms with E-state index in [1.165, 1.54) is 37.0 Å². The van der Waals surface area contributed by atoms with E-state index in [1.54, 1.807) is 18.2 Å². The number of primary amides is 1. The van der Waals surface area contributed by atoms with E-state index >= 15 is 0 Å². The molecule has 1 aromatic heterocycles. The van der Waals surface area contributed by atoms with Crippen molar-refractivity contribution in [2.24, 2.45) is 5.73 Å². The van der Waals surface area contributed by atoms with E-state index in [1.807, 2.05) is 0 Å². The van der Waals surface area contributed by atoms with Crippen LogP contribution in [-0.2, 0) is 11.3 Å². The summed E-state index contributed by atoms with van der Waals surface area (Å²) in [5.41, 5.74) is 6.01. The number of nitrogens with one attached hydrogen (secondary N) is 1. The molecule has 27 heavy (non-hydrogen) atoms. The molecular formula is C19H26N4O4. The smallest absolute Gasteiger partial charge is 0.255 e. The van der Waals surface area contributed by atoms with Gasteiger partial charge in [0, 0.05) is 11.8 Å². The van der Waals surface area contributed by atoms with Crippen LogP contribution < -0.4 is 20.5 Å². The average molecular weight is 374 g/mol. The van der Waals surface area contributed by atoms with E-state index in [0.29, 0.717) is 29.4 Å². The number of benzene rings is 1. The summed E-state index contributed by atoms with van der Waals surface area (Å²) in [7, 11) is 1.54. The standard InChI is InChI=1S/C19H26N4O4/c1-3-4-5-6-9-27-16-8-7-14(10-17(16)26-2)19(25)22-15-11-21-23(12-15)13-18(20)24/h7-8,10-12H,3-6,9,13H2,1-2H3,(H2,20,24)(H,22,25). The van der Waals surface area contributed by atoms with Crippen molar-refractivity contribution in [3.63, 3.8) is 0 Å². The van der Waals surface area contributed by atoms with Crippen LogP contribution in [0.2, 0.25) is 0 Å². The van der Waals surface area contributed by atoms with Gasteiger partial charge in [-0.25, -0.2) is 0 Å². The predicted molar refractivity (Wildman–Crippen MR) is 102 cm³/mol. The van der Waals surface area contributed by atoms with Gasteiger partial charge in [-0.1, -0.05) is 26.2 Å². The first-order valence-corrected chi connectivity index (χ1v) is 8.96. The van der Waals surface area contributed by atoms with Gasteiger partial charge in [0.2, 0.25) is 5.91 Å². The molecule has 0 fully saturated rings. The molecule has 8 heteroatoms. The number of aromatic nitrogens is 2. The number of methoxy groups -OCH3 is 1. The van der Waals surface area contributed by atoms with E-state index in [4.69, 9.17) is 15.2 Å². The molecule has 2 amide bonds. The lowest BCUT2D eigenvalue weighted by Crippen LogP contribution is -2.18. The minimum absolute atomic E-state index is 0.0476. The highest BCUT2D eigenvalue weighted by atomic mass is 16.5. The normalized spacial score (nSPS) is 10.4. The van der Waals surface area contributed by atoms with E-state index < -0.39 is 5.91 Å². The number of amides is 2. The van der Waals surface area contributed by atoms with Crippen molar-refractivity contribution in [1.29, 1.82) is 0 Å². The SMILES string of the molecule is CCCCCCOc1ccc(C(=O)Nc2cnn(CC(N)=O)c2)cc1OC. The van der Waals surface area contributed by atoms with Gasteiger partial charge < -0.3 is 20.5 Å². The van der Waals surface area contributed by atoms with E-state index in [9.17, 15) is 9.59 Å². The average Bonchev–Trinajstić information content (AvgIpc) is 3.07. The lowest BCUT2D eigenvalue weighted by molar-refractivity contribution is -0.118. The number of hydrogen-bond acceptors (Lipinski definition) is 5. The maximum Gasteiger partial charge on any atom is 0.255 e. The summed E-state index contributed by atoms with van der Waals surface area (Å²) in [6, 6.07) is 5.03. The van der Waals surface area contributed by atoms with Crippen LogP contribution in [0.5, 0.6) is 11.5 Å². The Kier molecular flexibility index (Phi) is 7.66. The number of nitrogens with zero attached hydrogens (tertiary/aromatic N) is 2. The van der Waals surface area contributed by atoms with Crippen LogP contribution in [-0.4, -0.2) is 35.3 Å². The Balaban J connectivity index is 1.97. The predicted octanol–water partition coefficient (Wildman–Crippen LogP) is 2.59. The van der Waals surface area contributed by atoms with E-state index in [2.05, 4.69) is 17.3 Å². The number of unbranched alkanes of at least 4 members (excludes halogenated alkanes) is 3. The first-order valence-electron chi connectivity index (χ1n) is 8.96. The van der Waals surface area contributed by atoms with Crippen molar-refractivity contribution < 1.29 is 19.1 Å². The second kappa shape index (κ2) is 10.2. The number of ether oxygens (including phenoxy) is 2. The molecule has 1 aromatic carbocycles. The number of rotatable bonds is 11. The fourth-order valence-corrected chi connectivity index (χ4v) is 2.52. The van der Waals surface area contributed by atoms with E-state index in [-0.39, 0.29) is 12.5 Å².